The maximum absolute atomic E-state index is 9.31. The number of nitrogens with zero attached hydrogens (tertiary/aromatic N) is 1. The van der Waals surface area contributed by atoms with Crippen LogP contribution >= 0.6 is 11.6 Å². The van der Waals surface area contributed by atoms with Gasteiger partial charge in [-0.25, -0.2) is 4.98 Å². The first-order valence-corrected chi connectivity index (χ1v) is 5.79. The minimum atomic E-state index is 0.0710. The van der Waals surface area contributed by atoms with Gasteiger partial charge in [-0.3, -0.25) is 0 Å². The molecule has 0 unspecified atom stereocenters. The molecule has 94 valence electrons. The van der Waals surface area contributed by atoms with Gasteiger partial charge in [0.25, 0.3) is 0 Å². The first-order chi connectivity index (χ1) is 8.69. The number of aromatic nitrogens is 1. The van der Waals surface area contributed by atoms with Crippen LogP contribution in [-0.4, -0.2) is 17.2 Å². The van der Waals surface area contributed by atoms with Crippen molar-refractivity contribution >= 4 is 17.3 Å². The van der Waals surface area contributed by atoms with Crippen LogP contribution in [-0.2, 0) is 6.54 Å². The fourth-order valence-electron chi connectivity index (χ4n) is 1.48. The Morgan fingerprint density at radius 3 is 2.89 bits per heavy atom. The lowest BCUT2D eigenvalue weighted by molar-refractivity contribution is 0.396. The minimum absolute atomic E-state index is 0.0710. The van der Waals surface area contributed by atoms with Crippen LogP contribution in [0.5, 0.6) is 11.6 Å². The van der Waals surface area contributed by atoms with E-state index in [4.69, 9.17) is 16.3 Å². The molecule has 2 aromatic rings. The van der Waals surface area contributed by atoms with E-state index < -0.39 is 0 Å². The quantitative estimate of drug-likeness (QED) is 0.834. The van der Waals surface area contributed by atoms with Gasteiger partial charge in [-0.15, -0.1) is 0 Å². The number of hydrogen-bond donors (Lipinski definition) is 2. The van der Waals surface area contributed by atoms with Crippen LogP contribution < -0.4 is 10.1 Å². The van der Waals surface area contributed by atoms with Gasteiger partial charge < -0.3 is 15.2 Å². The summed E-state index contributed by atoms with van der Waals surface area (Å²) in [6.45, 7) is 0.554. The predicted molar refractivity (Wildman–Crippen MR) is 71.2 cm³/mol. The number of benzene rings is 1. The van der Waals surface area contributed by atoms with Crippen molar-refractivity contribution in [2.75, 3.05) is 12.4 Å². The second kappa shape index (κ2) is 5.60. The van der Waals surface area contributed by atoms with E-state index in [0.29, 0.717) is 17.4 Å². The van der Waals surface area contributed by atoms with Gasteiger partial charge >= 0.3 is 0 Å². The summed E-state index contributed by atoms with van der Waals surface area (Å²) in [6.07, 6.45) is 0. The number of methoxy groups -OCH3 is 1. The van der Waals surface area contributed by atoms with Crippen LogP contribution in [0.25, 0.3) is 0 Å². The number of phenols is 1. The van der Waals surface area contributed by atoms with Gasteiger partial charge in [-0.1, -0.05) is 17.7 Å². The third-order valence-corrected chi connectivity index (χ3v) is 2.71. The molecule has 0 saturated heterocycles. The van der Waals surface area contributed by atoms with Crippen LogP contribution in [0, 0.1) is 0 Å². The molecule has 1 aromatic heterocycles. The molecular formula is C13H13ClN2O2. The van der Waals surface area contributed by atoms with E-state index in [1.54, 1.807) is 31.4 Å². The molecule has 18 heavy (non-hydrogen) atoms. The predicted octanol–water partition coefficient (Wildman–Crippen LogP) is 3.06. The smallest absolute Gasteiger partial charge is 0.213 e. The molecule has 0 fully saturated rings. The van der Waals surface area contributed by atoms with Crippen molar-refractivity contribution in [2.45, 2.75) is 6.54 Å². The topological polar surface area (TPSA) is 54.4 Å². The summed E-state index contributed by atoms with van der Waals surface area (Å²) in [5, 5.41) is 12.8. The van der Waals surface area contributed by atoms with Gasteiger partial charge in [0.1, 0.15) is 5.75 Å². The van der Waals surface area contributed by atoms with Gasteiger partial charge in [0.15, 0.2) is 0 Å². The van der Waals surface area contributed by atoms with E-state index in [0.717, 1.165) is 11.4 Å². The minimum Gasteiger partial charge on any atom is -0.506 e. The van der Waals surface area contributed by atoms with E-state index in [2.05, 4.69) is 10.3 Å². The molecular weight excluding hydrogens is 252 g/mol. The highest BCUT2D eigenvalue weighted by Crippen LogP contribution is 2.26. The summed E-state index contributed by atoms with van der Waals surface area (Å²) in [7, 11) is 1.58. The molecule has 5 heteroatoms. The monoisotopic (exact) mass is 264 g/mol. The van der Waals surface area contributed by atoms with Crippen LogP contribution in [0.15, 0.2) is 36.4 Å². The lowest BCUT2D eigenvalue weighted by Crippen LogP contribution is -2.02. The number of nitrogens with one attached hydrogen (secondary N) is 1. The summed E-state index contributed by atoms with van der Waals surface area (Å²) in [5.74, 6) is 0.653. The van der Waals surface area contributed by atoms with Gasteiger partial charge in [0.2, 0.25) is 5.88 Å². The zero-order valence-corrected chi connectivity index (χ0v) is 10.6. The third-order valence-electron chi connectivity index (χ3n) is 2.41. The van der Waals surface area contributed by atoms with E-state index in [9.17, 15) is 5.11 Å². The Balaban J connectivity index is 2.04. The van der Waals surface area contributed by atoms with Crippen LogP contribution in [0.4, 0.5) is 5.69 Å². The normalized spacial score (nSPS) is 10.1. The van der Waals surface area contributed by atoms with E-state index in [1.165, 1.54) is 0 Å². The van der Waals surface area contributed by atoms with Crippen molar-refractivity contribution in [1.82, 2.24) is 4.98 Å². The molecule has 0 bridgehead atoms. The number of rotatable bonds is 4. The Morgan fingerprint density at radius 1 is 1.33 bits per heavy atom. The molecule has 1 aromatic carbocycles. The number of ether oxygens (including phenoxy) is 1. The van der Waals surface area contributed by atoms with Crippen molar-refractivity contribution in [2.24, 2.45) is 0 Å². The average Bonchev–Trinajstić information content (AvgIpc) is 2.40. The van der Waals surface area contributed by atoms with Crippen molar-refractivity contribution in [3.8, 4) is 11.6 Å². The summed E-state index contributed by atoms with van der Waals surface area (Å²) >= 11 is 5.82. The van der Waals surface area contributed by atoms with Crippen LogP contribution in [0.1, 0.15) is 5.69 Å². The molecule has 0 amide bonds. The zero-order chi connectivity index (χ0) is 13.0. The SMILES string of the molecule is COc1cccc(CNc2ccc(O)c(Cl)c2)n1. The molecule has 4 nitrogen and oxygen atoms in total. The number of hydrogen-bond acceptors (Lipinski definition) is 4. The molecule has 1 heterocycles. The largest absolute Gasteiger partial charge is 0.506 e. The van der Waals surface area contributed by atoms with Crippen molar-refractivity contribution in [1.29, 1.82) is 0 Å². The second-order valence-corrected chi connectivity index (χ2v) is 4.10. The molecule has 2 rings (SSSR count). The molecule has 0 atom stereocenters. The Kier molecular flexibility index (Phi) is 3.89. The first kappa shape index (κ1) is 12.5. The summed E-state index contributed by atoms with van der Waals surface area (Å²) in [4.78, 5) is 4.28. The summed E-state index contributed by atoms with van der Waals surface area (Å²) < 4.78 is 5.05. The van der Waals surface area contributed by atoms with Crippen LogP contribution in [0.3, 0.4) is 0 Å². The average molecular weight is 265 g/mol. The number of aromatic hydroxyl groups is 1. The van der Waals surface area contributed by atoms with Gasteiger partial charge in [0.05, 0.1) is 24.4 Å². The highest BCUT2D eigenvalue weighted by molar-refractivity contribution is 6.32. The molecule has 2 N–H and O–H groups in total. The fraction of sp³-hybridized carbons (Fsp3) is 0.154. The van der Waals surface area contributed by atoms with Crippen molar-refractivity contribution in [3.63, 3.8) is 0 Å². The van der Waals surface area contributed by atoms with Crippen molar-refractivity contribution in [3.05, 3.63) is 47.1 Å². The number of anilines is 1. The Bertz CT molecular complexity index is 546. The molecule has 0 spiro atoms. The van der Waals surface area contributed by atoms with E-state index >= 15 is 0 Å². The molecule has 0 aliphatic heterocycles. The van der Waals surface area contributed by atoms with Gasteiger partial charge in [-0.05, 0) is 24.3 Å². The second-order valence-electron chi connectivity index (χ2n) is 3.69. The Morgan fingerprint density at radius 2 is 2.17 bits per heavy atom. The Labute approximate surface area is 110 Å². The number of phenolic OH excluding ortho intramolecular Hbond substituents is 1. The van der Waals surface area contributed by atoms with E-state index in [-0.39, 0.29) is 5.75 Å². The lowest BCUT2D eigenvalue weighted by atomic mass is 10.3. The first-order valence-electron chi connectivity index (χ1n) is 5.41. The standard InChI is InChI=1S/C13H13ClN2O2/c1-18-13-4-2-3-10(16-13)8-15-9-5-6-12(17)11(14)7-9/h2-7,15,17H,8H2,1H3. The van der Waals surface area contributed by atoms with E-state index in [1.807, 2.05) is 12.1 Å². The maximum Gasteiger partial charge on any atom is 0.213 e. The highest BCUT2D eigenvalue weighted by Gasteiger charge is 2.01. The van der Waals surface area contributed by atoms with Gasteiger partial charge in [0, 0.05) is 11.8 Å². The molecule has 0 aliphatic carbocycles. The number of halogens is 1. The molecule has 0 saturated carbocycles. The lowest BCUT2D eigenvalue weighted by Gasteiger charge is -2.08. The molecule has 0 radical (unpaired) electrons. The highest BCUT2D eigenvalue weighted by atomic mass is 35.5. The molecule has 0 aliphatic rings. The zero-order valence-electron chi connectivity index (χ0n) is 9.85. The number of pyridine rings is 1. The summed E-state index contributed by atoms with van der Waals surface area (Å²) in [5.41, 5.74) is 1.68. The van der Waals surface area contributed by atoms with Gasteiger partial charge in [-0.2, -0.15) is 0 Å². The Hall–Kier alpha value is -1.94. The third kappa shape index (κ3) is 3.05. The summed E-state index contributed by atoms with van der Waals surface area (Å²) in [6, 6.07) is 10.5. The van der Waals surface area contributed by atoms with Crippen molar-refractivity contribution < 1.29 is 9.84 Å². The fourth-order valence-corrected chi connectivity index (χ4v) is 1.66. The maximum atomic E-state index is 9.31. The van der Waals surface area contributed by atoms with Crippen LogP contribution in [0.2, 0.25) is 5.02 Å².